The van der Waals surface area contributed by atoms with Crippen molar-refractivity contribution in [2.75, 3.05) is 19.0 Å². The third-order valence-corrected chi connectivity index (χ3v) is 3.72. The van der Waals surface area contributed by atoms with Gasteiger partial charge in [-0.1, -0.05) is 0 Å². The number of nitrogens with one attached hydrogen (secondary N) is 1. The van der Waals surface area contributed by atoms with Crippen LogP contribution in [0.4, 0.5) is 0 Å². The Kier molecular flexibility index (Phi) is 3.69. The Morgan fingerprint density at radius 3 is 2.47 bits per heavy atom. The Balaban J connectivity index is 2.67. The summed E-state index contributed by atoms with van der Waals surface area (Å²) in [5.74, 6) is -0.765. The zero-order valence-electron chi connectivity index (χ0n) is 8.65. The maximum Gasteiger partial charge on any atom is 0.253 e. The highest BCUT2D eigenvalue weighted by Gasteiger charge is 2.37. The Morgan fingerprint density at radius 2 is 2.00 bits per heavy atom. The Bertz CT molecular complexity index is 333. The summed E-state index contributed by atoms with van der Waals surface area (Å²) in [6.07, 6.45) is 0.691. The van der Waals surface area contributed by atoms with Gasteiger partial charge >= 0.3 is 0 Å². The van der Waals surface area contributed by atoms with Gasteiger partial charge in [0.2, 0.25) is 10.0 Å². The minimum absolute atomic E-state index is 0.134. The molecule has 1 saturated heterocycles. The van der Waals surface area contributed by atoms with E-state index in [1.807, 2.05) is 4.72 Å². The van der Waals surface area contributed by atoms with E-state index < -0.39 is 21.5 Å². The Morgan fingerprint density at radius 1 is 1.47 bits per heavy atom. The summed E-state index contributed by atoms with van der Waals surface area (Å²) in [4.78, 5) is 11.6. The molecule has 1 rings (SSSR count). The van der Waals surface area contributed by atoms with Gasteiger partial charge in [-0.05, 0) is 19.8 Å². The molecule has 0 radical (unpaired) electrons. The summed E-state index contributed by atoms with van der Waals surface area (Å²) in [6, 6.07) is 0. The van der Waals surface area contributed by atoms with Crippen LogP contribution in [0.1, 0.15) is 19.8 Å². The third-order valence-electron chi connectivity index (χ3n) is 2.47. The van der Waals surface area contributed by atoms with Crippen molar-refractivity contribution in [2.45, 2.75) is 25.3 Å². The van der Waals surface area contributed by atoms with Crippen LogP contribution in [0.2, 0.25) is 0 Å². The molecule has 1 heterocycles. The largest absolute Gasteiger partial charge is 0.381 e. The van der Waals surface area contributed by atoms with Crippen LogP contribution in [0.3, 0.4) is 0 Å². The van der Waals surface area contributed by atoms with Crippen LogP contribution in [0.15, 0.2) is 0 Å². The molecule has 0 bridgehead atoms. The van der Waals surface area contributed by atoms with E-state index in [2.05, 4.69) is 0 Å². The summed E-state index contributed by atoms with van der Waals surface area (Å²) < 4.78 is 29.4. The molecule has 1 aliphatic rings. The number of hydrogen-bond donors (Lipinski definition) is 2. The lowest BCUT2D eigenvalue weighted by Crippen LogP contribution is -2.58. The van der Waals surface area contributed by atoms with Crippen molar-refractivity contribution in [1.29, 1.82) is 0 Å². The van der Waals surface area contributed by atoms with E-state index in [-0.39, 0.29) is 5.75 Å². The highest BCUT2D eigenvalue weighted by atomic mass is 32.2. The van der Waals surface area contributed by atoms with Crippen molar-refractivity contribution in [3.63, 3.8) is 0 Å². The van der Waals surface area contributed by atoms with Crippen molar-refractivity contribution in [1.82, 2.24) is 4.72 Å². The van der Waals surface area contributed by atoms with E-state index in [4.69, 9.17) is 10.5 Å². The number of ether oxygens (including phenoxy) is 1. The number of sulfonamides is 1. The van der Waals surface area contributed by atoms with Gasteiger partial charge in [-0.25, -0.2) is 8.42 Å². The predicted molar refractivity (Wildman–Crippen MR) is 54.6 cm³/mol. The highest BCUT2D eigenvalue weighted by molar-refractivity contribution is 7.90. The molecule has 0 unspecified atom stereocenters. The van der Waals surface area contributed by atoms with Gasteiger partial charge in [-0.2, -0.15) is 0 Å². The molecule has 0 aromatic heterocycles. The molecule has 0 atom stereocenters. The molecule has 1 fully saturated rings. The van der Waals surface area contributed by atoms with Gasteiger partial charge in [-0.15, -0.1) is 0 Å². The second-order valence-electron chi connectivity index (χ2n) is 3.60. The van der Waals surface area contributed by atoms with Crippen LogP contribution in [0.5, 0.6) is 0 Å². The van der Waals surface area contributed by atoms with Gasteiger partial charge in [0, 0.05) is 13.2 Å². The highest BCUT2D eigenvalue weighted by Crippen LogP contribution is 2.17. The summed E-state index contributed by atoms with van der Waals surface area (Å²) in [5.41, 5.74) is 4.70. The van der Waals surface area contributed by atoms with Crippen molar-refractivity contribution in [2.24, 2.45) is 5.73 Å². The van der Waals surface area contributed by atoms with Crippen LogP contribution < -0.4 is 10.5 Å². The molecular weight excluding hydrogens is 220 g/mol. The lowest BCUT2D eigenvalue weighted by atomic mass is 9.91. The topological polar surface area (TPSA) is 98.5 Å². The van der Waals surface area contributed by atoms with Gasteiger partial charge < -0.3 is 10.5 Å². The van der Waals surface area contributed by atoms with Gasteiger partial charge in [0.1, 0.15) is 5.54 Å². The first-order valence-corrected chi connectivity index (χ1v) is 6.46. The molecular formula is C8H16N2O4S. The minimum atomic E-state index is -3.53. The average Bonchev–Trinajstić information content (AvgIpc) is 2.18. The number of nitrogens with two attached hydrogens (primary N) is 1. The van der Waals surface area contributed by atoms with Crippen LogP contribution in [0.25, 0.3) is 0 Å². The summed E-state index contributed by atoms with van der Waals surface area (Å²) in [7, 11) is -3.53. The first-order valence-electron chi connectivity index (χ1n) is 4.81. The number of carbonyl (C=O) groups is 1. The Labute approximate surface area is 89.2 Å². The van der Waals surface area contributed by atoms with E-state index >= 15 is 0 Å². The maximum atomic E-state index is 11.6. The second-order valence-corrected chi connectivity index (χ2v) is 5.61. The van der Waals surface area contributed by atoms with Gasteiger partial charge in [-0.3, -0.25) is 9.52 Å². The summed E-state index contributed by atoms with van der Waals surface area (Å²) in [5, 5.41) is 0. The Hall–Kier alpha value is -0.660. The van der Waals surface area contributed by atoms with Gasteiger partial charge in [0.25, 0.3) is 5.91 Å². The normalized spacial score (nSPS) is 20.9. The number of rotatable bonds is 3. The first-order chi connectivity index (χ1) is 6.90. The SMILES string of the molecule is CCS(=O)(=O)NC(=O)C1(N)CCOCC1. The van der Waals surface area contributed by atoms with E-state index in [9.17, 15) is 13.2 Å². The maximum absolute atomic E-state index is 11.6. The smallest absolute Gasteiger partial charge is 0.253 e. The fourth-order valence-electron chi connectivity index (χ4n) is 1.28. The van der Waals surface area contributed by atoms with Crippen LogP contribution >= 0.6 is 0 Å². The third kappa shape index (κ3) is 3.15. The second kappa shape index (κ2) is 4.46. The van der Waals surface area contributed by atoms with Crippen molar-refractivity contribution in [3.05, 3.63) is 0 Å². The lowest BCUT2D eigenvalue weighted by molar-refractivity contribution is -0.127. The fraction of sp³-hybridized carbons (Fsp3) is 0.875. The number of amides is 1. The van der Waals surface area contributed by atoms with E-state index in [1.165, 1.54) is 6.92 Å². The minimum Gasteiger partial charge on any atom is -0.381 e. The van der Waals surface area contributed by atoms with Crippen LogP contribution in [-0.4, -0.2) is 38.8 Å². The predicted octanol–water partition coefficient (Wildman–Crippen LogP) is -1.04. The fourth-order valence-corrected chi connectivity index (χ4v) is 1.91. The van der Waals surface area contributed by atoms with Crippen molar-refractivity contribution >= 4 is 15.9 Å². The van der Waals surface area contributed by atoms with Gasteiger partial charge in [0.15, 0.2) is 0 Å². The van der Waals surface area contributed by atoms with Gasteiger partial charge in [0.05, 0.1) is 5.75 Å². The quantitative estimate of drug-likeness (QED) is 0.652. The van der Waals surface area contributed by atoms with E-state index in [0.29, 0.717) is 26.1 Å². The molecule has 0 spiro atoms. The van der Waals surface area contributed by atoms with E-state index in [1.54, 1.807) is 0 Å². The molecule has 6 nitrogen and oxygen atoms in total. The molecule has 0 aliphatic carbocycles. The summed E-state index contributed by atoms with van der Waals surface area (Å²) in [6.45, 7) is 2.23. The average molecular weight is 236 g/mol. The molecule has 7 heteroatoms. The number of carbonyl (C=O) groups excluding carboxylic acids is 1. The molecule has 0 saturated carbocycles. The molecule has 0 aromatic rings. The lowest BCUT2D eigenvalue weighted by Gasteiger charge is -2.31. The number of hydrogen-bond acceptors (Lipinski definition) is 5. The van der Waals surface area contributed by atoms with Crippen LogP contribution in [-0.2, 0) is 19.6 Å². The standard InChI is InChI=1S/C8H16N2O4S/c1-2-15(12,13)10-7(11)8(9)3-5-14-6-4-8/h2-6,9H2,1H3,(H,10,11). The molecule has 0 aromatic carbocycles. The molecule has 1 aliphatic heterocycles. The van der Waals surface area contributed by atoms with Crippen molar-refractivity contribution in [3.8, 4) is 0 Å². The molecule has 1 amide bonds. The zero-order chi connectivity index (χ0) is 11.5. The molecule has 88 valence electrons. The monoisotopic (exact) mass is 236 g/mol. The van der Waals surface area contributed by atoms with E-state index in [0.717, 1.165) is 0 Å². The zero-order valence-corrected chi connectivity index (χ0v) is 9.47. The first kappa shape index (κ1) is 12.4. The molecule has 15 heavy (non-hydrogen) atoms. The van der Waals surface area contributed by atoms with Crippen molar-refractivity contribution < 1.29 is 17.9 Å². The summed E-state index contributed by atoms with van der Waals surface area (Å²) >= 11 is 0. The molecule has 3 N–H and O–H groups in total. The van der Waals surface area contributed by atoms with Crippen LogP contribution in [0, 0.1) is 0 Å².